The van der Waals surface area contributed by atoms with Crippen LogP contribution in [0.4, 0.5) is 27.8 Å². The molecule has 0 radical (unpaired) electrons. The Morgan fingerprint density at radius 1 is 1.11 bits per heavy atom. The van der Waals surface area contributed by atoms with Crippen LogP contribution < -0.4 is 10.2 Å². The minimum Gasteiger partial charge on any atom is -0.363 e. The average Bonchev–Trinajstić information content (AvgIpc) is 2.83. The van der Waals surface area contributed by atoms with Gasteiger partial charge in [0.1, 0.15) is 5.82 Å². The molecule has 1 unspecified atom stereocenters. The number of pyridine rings is 1. The standard InChI is InChI=1S/C24H25F5N6O/c1-34(2)20-7-6-16-17(4-3-5-18(16)33-20)21(36)30-14-19(35-10-8-23(25,26)9-11-35)15-12-31-22(32-13-15)24(27,28)29/h3-7,12-13,19H,8-11,14H2,1-2H3,(H,30,36). The summed E-state index contributed by atoms with van der Waals surface area (Å²) < 4.78 is 66.2. The maximum absolute atomic E-state index is 13.7. The zero-order valence-corrected chi connectivity index (χ0v) is 19.7. The summed E-state index contributed by atoms with van der Waals surface area (Å²) in [6.07, 6.45) is -3.41. The summed E-state index contributed by atoms with van der Waals surface area (Å²) in [5.74, 6) is -3.79. The Labute approximate surface area is 204 Å². The van der Waals surface area contributed by atoms with E-state index in [1.807, 2.05) is 19.0 Å². The number of carbonyl (C=O) groups is 1. The third kappa shape index (κ3) is 5.69. The average molecular weight is 508 g/mol. The summed E-state index contributed by atoms with van der Waals surface area (Å²) in [4.78, 5) is 28.0. The van der Waals surface area contributed by atoms with Gasteiger partial charge >= 0.3 is 6.18 Å². The molecule has 3 heterocycles. The number of aromatic nitrogens is 3. The predicted octanol–water partition coefficient (Wildman–Crippen LogP) is 4.31. The number of fused-ring (bicyclic) bond motifs is 1. The van der Waals surface area contributed by atoms with Gasteiger partial charge in [0, 0.05) is 75.5 Å². The summed E-state index contributed by atoms with van der Waals surface area (Å²) >= 11 is 0. The third-order valence-electron chi connectivity index (χ3n) is 6.16. The zero-order chi connectivity index (χ0) is 26.1. The lowest BCUT2D eigenvalue weighted by Gasteiger charge is -2.37. The van der Waals surface area contributed by atoms with Crippen molar-refractivity contribution in [3.05, 3.63) is 59.7 Å². The highest BCUT2D eigenvalue weighted by Gasteiger charge is 2.38. The number of anilines is 1. The summed E-state index contributed by atoms with van der Waals surface area (Å²) in [5.41, 5.74) is 1.29. The number of nitrogens with one attached hydrogen (secondary N) is 1. The van der Waals surface area contributed by atoms with Crippen LogP contribution in [-0.4, -0.2) is 65.4 Å². The Morgan fingerprint density at radius 2 is 1.78 bits per heavy atom. The fourth-order valence-electron chi connectivity index (χ4n) is 4.15. The van der Waals surface area contributed by atoms with E-state index in [9.17, 15) is 26.7 Å². The van der Waals surface area contributed by atoms with Gasteiger partial charge in [0.15, 0.2) is 0 Å². The topological polar surface area (TPSA) is 74.2 Å². The van der Waals surface area contributed by atoms with E-state index in [1.165, 1.54) is 0 Å². The predicted molar refractivity (Wildman–Crippen MR) is 124 cm³/mol. The Hall–Kier alpha value is -3.41. The molecule has 1 fully saturated rings. The fraction of sp³-hybridized carbons (Fsp3) is 0.417. The molecule has 1 amide bonds. The molecule has 0 bridgehead atoms. The van der Waals surface area contributed by atoms with Gasteiger partial charge in [0.05, 0.1) is 11.6 Å². The van der Waals surface area contributed by atoms with Gasteiger partial charge < -0.3 is 10.2 Å². The Morgan fingerprint density at radius 3 is 2.39 bits per heavy atom. The SMILES string of the molecule is CN(C)c1ccc2c(C(=O)NCC(c3cnc(C(F)(F)F)nc3)N3CCC(F)(F)CC3)cccc2n1. The lowest BCUT2D eigenvalue weighted by molar-refractivity contribution is -0.145. The molecule has 1 aliphatic rings. The van der Waals surface area contributed by atoms with Gasteiger partial charge in [-0.3, -0.25) is 9.69 Å². The summed E-state index contributed by atoms with van der Waals surface area (Å²) in [7, 11) is 3.71. The molecule has 36 heavy (non-hydrogen) atoms. The lowest BCUT2D eigenvalue weighted by atomic mass is 10.0. The number of piperidine rings is 1. The molecule has 1 aliphatic heterocycles. The van der Waals surface area contributed by atoms with E-state index in [-0.39, 0.29) is 32.5 Å². The minimum atomic E-state index is -4.70. The molecule has 1 atom stereocenters. The number of hydrogen-bond donors (Lipinski definition) is 1. The molecule has 1 saturated heterocycles. The Bertz CT molecular complexity index is 1220. The number of amides is 1. The number of alkyl halides is 5. The molecule has 12 heteroatoms. The van der Waals surface area contributed by atoms with Crippen molar-refractivity contribution in [2.75, 3.05) is 38.6 Å². The first-order valence-corrected chi connectivity index (χ1v) is 11.3. The molecule has 1 N–H and O–H groups in total. The van der Waals surface area contributed by atoms with Crippen LogP contribution in [-0.2, 0) is 6.18 Å². The maximum atomic E-state index is 13.7. The second-order valence-electron chi connectivity index (χ2n) is 8.89. The van der Waals surface area contributed by atoms with Gasteiger partial charge in [-0.15, -0.1) is 0 Å². The molecule has 2 aromatic heterocycles. The van der Waals surface area contributed by atoms with Gasteiger partial charge in [-0.1, -0.05) is 6.07 Å². The highest BCUT2D eigenvalue weighted by atomic mass is 19.4. The lowest BCUT2D eigenvalue weighted by Crippen LogP contribution is -2.45. The van der Waals surface area contributed by atoms with E-state index in [1.54, 1.807) is 35.2 Å². The first kappa shape index (κ1) is 25.7. The summed E-state index contributed by atoms with van der Waals surface area (Å²) in [5, 5.41) is 3.44. The molecule has 0 saturated carbocycles. The second kappa shape index (κ2) is 9.92. The normalized spacial score (nSPS) is 17.1. The second-order valence-corrected chi connectivity index (χ2v) is 8.89. The van der Waals surface area contributed by atoms with Crippen molar-refractivity contribution in [2.24, 2.45) is 0 Å². The fourth-order valence-corrected chi connectivity index (χ4v) is 4.15. The van der Waals surface area contributed by atoms with E-state index in [0.29, 0.717) is 22.0 Å². The first-order chi connectivity index (χ1) is 16.9. The minimum absolute atomic E-state index is 0.0139. The molecular formula is C24H25F5N6O. The number of carbonyl (C=O) groups excluding carboxylic acids is 1. The van der Waals surface area contributed by atoms with Crippen LogP contribution in [0.2, 0.25) is 0 Å². The monoisotopic (exact) mass is 508 g/mol. The van der Waals surface area contributed by atoms with Crippen LogP contribution in [0.5, 0.6) is 0 Å². The number of hydrogen-bond acceptors (Lipinski definition) is 6. The largest absolute Gasteiger partial charge is 0.451 e. The first-order valence-electron chi connectivity index (χ1n) is 11.3. The van der Waals surface area contributed by atoms with Crippen molar-refractivity contribution in [3.63, 3.8) is 0 Å². The highest BCUT2D eigenvalue weighted by Crippen LogP contribution is 2.33. The molecule has 4 rings (SSSR count). The van der Waals surface area contributed by atoms with Gasteiger partial charge in [-0.25, -0.2) is 23.7 Å². The molecule has 0 spiro atoms. The zero-order valence-electron chi connectivity index (χ0n) is 19.7. The van der Waals surface area contributed by atoms with Crippen molar-refractivity contribution in [1.29, 1.82) is 0 Å². The summed E-state index contributed by atoms with van der Waals surface area (Å²) in [6.45, 7) is -0.00115. The quantitative estimate of drug-likeness (QED) is 0.501. The molecule has 192 valence electrons. The van der Waals surface area contributed by atoms with E-state index in [4.69, 9.17) is 0 Å². The van der Waals surface area contributed by atoms with Gasteiger partial charge in [-0.05, 0) is 24.3 Å². The Balaban J connectivity index is 1.57. The van der Waals surface area contributed by atoms with Crippen molar-refractivity contribution < 1.29 is 26.7 Å². The van der Waals surface area contributed by atoms with E-state index in [0.717, 1.165) is 18.2 Å². The van der Waals surface area contributed by atoms with Gasteiger partial charge in [0.2, 0.25) is 5.82 Å². The van der Waals surface area contributed by atoms with Crippen LogP contribution in [0.1, 0.15) is 40.6 Å². The van der Waals surface area contributed by atoms with E-state index >= 15 is 0 Å². The molecule has 1 aromatic carbocycles. The van der Waals surface area contributed by atoms with Crippen molar-refractivity contribution in [3.8, 4) is 0 Å². The highest BCUT2D eigenvalue weighted by molar-refractivity contribution is 6.06. The van der Waals surface area contributed by atoms with Crippen LogP contribution >= 0.6 is 0 Å². The molecule has 0 aliphatic carbocycles. The Kier molecular flexibility index (Phi) is 7.07. The number of benzene rings is 1. The number of halogens is 5. The number of nitrogens with zero attached hydrogens (tertiary/aromatic N) is 5. The number of likely N-dealkylation sites (tertiary alicyclic amines) is 1. The summed E-state index contributed by atoms with van der Waals surface area (Å²) in [6, 6.07) is 8.04. The number of rotatable bonds is 6. The van der Waals surface area contributed by atoms with E-state index < -0.39 is 29.9 Å². The van der Waals surface area contributed by atoms with Gasteiger partial charge in [-0.2, -0.15) is 13.2 Å². The van der Waals surface area contributed by atoms with Crippen molar-refractivity contribution in [1.82, 2.24) is 25.2 Å². The van der Waals surface area contributed by atoms with Crippen LogP contribution in [0.15, 0.2) is 42.7 Å². The van der Waals surface area contributed by atoms with Crippen molar-refractivity contribution >= 4 is 22.6 Å². The molecule has 7 nitrogen and oxygen atoms in total. The van der Waals surface area contributed by atoms with Gasteiger partial charge in [0.25, 0.3) is 11.8 Å². The van der Waals surface area contributed by atoms with Crippen LogP contribution in [0.3, 0.4) is 0 Å². The molecular weight excluding hydrogens is 483 g/mol. The van der Waals surface area contributed by atoms with Crippen LogP contribution in [0, 0.1) is 0 Å². The third-order valence-corrected chi connectivity index (χ3v) is 6.16. The smallest absolute Gasteiger partial charge is 0.363 e. The van der Waals surface area contributed by atoms with E-state index in [2.05, 4.69) is 20.3 Å². The molecule has 3 aromatic rings. The van der Waals surface area contributed by atoms with Crippen molar-refractivity contribution in [2.45, 2.75) is 31.0 Å². The maximum Gasteiger partial charge on any atom is 0.451 e. The van der Waals surface area contributed by atoms with Crippen LogP contribution in [0.25, 0.3) is 10.9 Å².